The van der Waals surface area contributed by atoms with Gasteiger partial charge in [0.05, 0.1) is 12.1 Å². The number of likely N-dealkylation sites (N-methyl/N-ethyl adjacent to an activating group) is 1. The van der Waals surface area contributed by atoms with E-state index >= 15 is 0 Å². The molecule has 3 amide bonds. The zero-order chi connectivity index (χ0) is 15.4. The van der Waals surface area contributed by atoms with Crippen LogP contribution in [0.15, 0.2) is 0 Å². The van der Waals surface area contributed by atoms with Crippen LogP contribution in [0, 0.1) is 0 Å². The molecule has 1 aliphatic carbocycles. The van der Waals surface area contributed by atoms with Gasteiger partial charge in [-0.25, -0.2) is 0 Å². The Hall–Kier alpha value is -1.43. The highest BCUT2D eigenvalue weighted by Gasteiger charge is 2.33. The quantitative estimate of drug-likeness (QED) is 0.743. The molecule has 2 rings (SSSR count). The molecule has 2 aliphatic rings. The number of hydrogen-bond acceptors (Lipinski definition) is 4. The number of rotatable bonds is 4. The van der Waals surface area contributed by atoms with Crippen LogP contribution in [0.4, 0.5) is 0 Å². The van der Waals surface area contributed by atoms with E-state index in [1.807, 2.05) is 0 Å². The highest BCUT2D eigenvalue weighted by atomic mass is 16.2. The molecule has 6 nitrogen and oxygen atoms in total. The molecular weight excluding hydrogens is 270 g/mol. The molecule has 0 aromatic rings. The van der Waals surface area contributed by atoms with E-state index in [1.54, 1.807) is 6.92 Å². The van der Waals surface area contributed by atoms with Crippen molar-refractivity contribution in [2.45, 2.75) is 70.0 Å². The van der Waals surface area contributed by atoms with Gasteiger partial charge in [0.2, 0.25) is 17.7 Å². The number of carbonyl (C=O) groups excluding carboxylic acids is 3. The molecule has 1 saturated carbocycles. The molecule has 1 saturated heterocycles. The molecule has 0 bridgehead atoms. The van der Waals surface area contributed by atoms with Crippen molar-refractivity contribution in [3.63, 3.8) is 0 Å². The van der Waals surface area contributed by atoms with Crippen molar-refractivity contribution < 1.29 is 14.4 Å². The SMILES string of the molecule is CC(NC1CCC(=O)N(C)C1=O)C(=O)NC1CCCCC1. The first-order chi connectivity index (χ1) is 9.99. The van der Waals surface area contributed by atoms with Crippen molar-refractivity contribution in [3.05, 3.63) is 0 Å². The Kier molecular flexibility index (Phi) is 5.33. The minimum absolute atomic E-state index is 0.0609. The fraction of sp³-hybridized carbons (Fsp3) is 0.800. The number of nitrogens with one attached hydrogen (secondary N) is 2. The van der Waals surface area contributed by atoms with E-state index in [9.17, 15) is 14.4 Å². The summed E-state index contributed by atoms with van der Waals surface area (Å²) in [5.41, 5.74) is 0. The topological polar surface area (TPSA) is 78.5 Å². The molecule has 2 atom stereocenters. The third kappa shape index (κ3) is 4.03. The average Bonchev–Trinajstić information content (AvgIpc) is 2.48. The summed E-state index contributed by atoms with van der Waals surface area (Å²) in [4.78, 5) is 36.7. The molecule has 0 spiro atoms. The minimum Gasteiger partial charge on any atom is -0.352 e. The zero-order valence-corrected chi connectivity index (χ0v) is 12.9. The van der Waals surface area contributed by atoms with Crippen molar-refractivity contribution in [2.75, 3.05) is 7.05 Å². The van der Waals surface area contributed by atoms with Crippen molar-refractivity contribution in [1.29, 1.82) is 0 Å². The maximum Gasteiger partial charge on any atom is 0.246 e. The first kappa shape index (κ1) is 15.9. The van der Waals surface area contributed by atoms with E-state index in [0.29, 0.717) is 12.8 Å². The lowest BCUT2D eigenvalue weighted by Gasteiger charge is -2.31. The maximum absolute atomic E-state index is 12.2. The predicted octanol–water partition coefficient (Wildman–Crippen LogP) is 0.561. The molecule has 2 fully saturated rings. The molecule has 0 aromatic heterocycles. The Bertz CT molecular complexity index is 418. The number of piperidine rings is 1. The first-order valence-electron chi connectivity index (χ1n) is 7.86. The number of likely N-dealkylation sites (tertiary alicyclic amines) is 1. The van der Waals surface area contributed by atoms with Crippen LogP contribution >= 0.6 is 0 Å². The van der Waals surface area contributed by atoms with Crippen LogP contribution in [-0.4, -0.2) is 47.8 Å². The summed E-state index contributed by atoms with van der Waals surface area (Å²) in [6.45, 7) is 1.77. The van der Waals surface area contributed by atoms with Gasteiger partial charge in [-0.1, -0.05) is 19.3 Å². The van der Waals surface area contributed by atoms with E-state index in [0.717, 1.165) is 17.7 Å². The van der Waals surface area contributed by atoms with E-state index < -0.39 is 12.1 Å². The molecule has 118 valence electrons. The number of hydrogen-bond donors (Lipinski definition) is 2. The Balaban J connectivity index is 1.82. The number of amides is 3. The van der Waals surface area contributed by atoms with Crippen LogP contribution in [-0.2, 0) is 14.4 Å². The molecule has 2 N–H and O–H groups in total. The second-order valence-electron chi connectivity index (χ2n) is 6.11. The minimum atomic E-state index is -0.445. The molecule has 1 aliphatic heterocycles. The third-order valence-electron chi connectivity index (χ3n) is 4.45. The Morgan fingerprint density at radius 3 is 2.52 bits per heavy atom. The summed E-state index contributed by atoms with van der Waals surface area (Å²) in [6.07, 6.45) is 6.47. The van der Waals surface area contributed by atoms with Gasteiger partial charge in [0.25, 0.3) is 0 Å². The monoisotopic (exact) mass is 295 g/mol. The molecule has 2 unspecified atom stereocenters. The fourth-order valence-corrected chi connectivity index (χ4v) is 3.02. The van der Waals surface area contributed by atoms with Crippen molar-refractivity contribution >= 4 is 17.7 Å². The van der Waals surface area contributed by atoms with Gasteiger partial charge in [0.1, 0.15) is 0 Å². The summed E-state index contributed by atoms with van der Waals surface area (Å²) >= 11 is 0. The fourth-order valence-electron chi connectivity index (χ4n) is 3.02. The summed E-state index contributed by atoms with van der Waals surface area (Å²) in [5, 5.41) is 6.10. The average molecular weight is 295 g/mol. The van der Waals surface area contributed by atoms with E-state index in [-0.39, 0.29) is 23.8 Å². The van der Waals surface area contributed by atoms with Gasteiger partial charge >= 0.3 is 0 Å². The Morgan fingerprint density at radius 1 is 1.19 bits per heavy atom. The van der Waals surface area contributed by atoms with Crippen molar-refractivity contribution in [1.82, 2.24) is 15.5 Å². The van der Waals surface area contributed by atoms with Gasteiger partial charge in [0.15, 0.2) is 0 Å². The number of carbonyl (C=O) groups is 3. The molecule has 0 aromatic carbocycles. The first-order valence-corrected chi connectivity index (χ1v) is 7.86. The Labute approximate surface area is 125 Å². The van der Waals surface area contributed by atoms with E-state index in [4.69, 9.17) is 0 Å². The lowest BCUT2D eigenvalue weighted by molar-refractivity contribution is -0.148. The second kappa shape index (κ2) is 7.02. The molecule has 21 heavy (non-hydrogen) atoms. The van der Waals surface area contributed by atoms with E-state index in [2.05, 4.69) is 10.6 Å². The van der Waals surface area contributed by atoms with Crippen molar-refractivity contribution in [3.8, 4) is 0 Å². The van der Waals surface area contributed by atoms with Gasteiger partial charge < -0.3 is 5.32 Å². The van der Waals surface area contributed by atoms with Crippen LogP contribution < -0.4 is 10.6 Å². The number of imide groups is 1. The van der Waals surface area contributed by atoms with Gasteiger partial charge in [-0.05, 0) is 26.2 Å². The molecule has 0 radical (unpaired) electrons. The van der Waals surface area contributed by atoms with Crippen LogP contribution in [0.5, 0.6) is 0 Å². The highest BCUT2D eigenvalue weighted by Crippen LogP contribution is 2.17. The summed E-state index contributed by atoms with van der Waals surface area (Å²) in [5.74, 6) is -0.463. The highest BCUT2D eigenvalue weighted by molar-refractivity contribution is 6.00. The smallest absolute Gasteiger partial charge is 0.246 e. The standard InChI is InChI=1S/C15H25N3O3/c1-10(14(20)17-11-6-4-3-5-7-11)16-12-8-9-13(19)18(2)15(12)21/h10-12,16H,3-9H2,1-2H3,(H,17,20). The normalized spacial score (nSPS) is 25.8. The van der Waals surface area contributed by atoms with Gasteiger partial charge in [0, 0.05) is 19.5 Å². The second-order valence-corrected chi connectivity index (χ2v) is 6.11. The van der Waals surface area contributed by atoms with Crippen molar-refractivity contribution in [2.24, 2.45) is 0 Å². The zero-order valence-electron chi connectivity index (χ0n) is 12.9. The molecular formula is C15H25N3O3. The lowest BCUT2D eigenvalue weighted by Crippen LogP contribution is -2.57. The van der Waals surface area contributed by atoms with Crippen LogP contribution in [0.25, 0.3) is 0 Å². The lowest BCUT2D eigenvalue weighted by atomic mass is 9.95. The van der Waals surface area contributed by atoms with Crippen LogP contribution in [0.2, 0.25) is 0 Å². The molecule has 6 heteroatoms. The van der Waals surface area contributed by atoms with Gasteiger partial charge in [-0.3, -0.25) is 24.6 Å². The largest absolute Gasteiger partial charge is 0.352 e. The van der Waals surface area contributed by atoms with Gasteiger partial charge in [-0.2, -0.15) is 0 Å². The van der Waals surface area contributed by atoms with Crippen LogP contribution in [0.1, 0.15) is 51.9 Å². The third-order valence-corrected chi connectivity index (χ3v) is 4.45. The summed E-state index contributed by atoms with van der Waals surface area (Å²) < 4.78 is 0. The summed E-state index contributed by atoms with van der Waals surface area (Å²) in [6, 6.07) is -0.607. The maximum atomic E-state index is 12.2. The predicted molar refractivity (Wildman–Crippen MR) is 78.4 cm³/mol. The molecule has 1 heterocycles. The van der Waals surface area contributed by atoms with E-state index in [1.165, 1.54) is 26.3 Å². The summed E-state index contributed by atoms with van der Waals surface area (Å²) in [7, 11) is 1.49. The Morgan fingerprint density at radius 2 is 1.86 bits per heavy atom. The van der Waals surface area contributed by atoms with Gasteiger partial charge in [-0.15, -0.1) is 0 Å². The number of nitrogens with zero attached hydrogens (tertiary/aromatic N) is 1. The van der Waals surface area contributed by atoms with Crippen LogP contribution in [0.3, 0.4) is 0 Å².